The number of piperazine rings is 1. The summed E-state index contributed by atoms with van der Waals surface area (Å²) >= 11 is 0. The van der Waals surface area contributed by atoms with E-state index in [-0.39, 0.29) is 69.5 Å². The van der Waals surface area contributed by atoms with Gasteiger partial charge in [0.1, 0.15) is 47.0 Å². The number of hydrogen-bond donors (Lipinski definition) is 1. The maximum Gasteiger partial charge on any atom is 0.319 e. The number of benzene rings is 3. The molecule has 5 aliphatic rings. The fraction of sp³-hybridized carbons (Fsp3) is 0.425. The monoisotopic (exact) mass is 723 g/mol. The van der Waals surface area contributed by atoms with E-state index in [1.54, 1.807) is 13.0 Å². The number of phenols is 1. The summed E-state index contributed by atoms with van der Waals surface area (Å²) < 4.78 is 65.5. The molecule has 5 fully saturated rings. The third-order valence-corrected chi connectivity index (χ3v) is 12.0. The number of carbonyl (C=O) groups excluding carboxylic acids is 1. The van der Waals surface area contributed by atoms with Gasteiger partial charge in [-0.2, -0.15) is 9.97 Å². The summed E-state index contributed by atoms with van der Waals surface area (Å²) in [5, 5.41) is 12.4. The van der Waals surface area contributed by atoms with Gasteiger partial charge in [-0.05, 0) is 68.8 Å². The Bertz CT molecular complexity index is 2410. The van der Waals surface area contributed by atoms with Gasteiger partial charge in [0.05, 0.1) is 28.7 Å². The van der Waals surface area contributed by atoms with Crippen LogP contribution in [0.3, 0.4) is 0 Å². The number of aromatic nitrogens is 2. The van der Waals surface area contributed by atoms with E-state index in [2.05, 4.69) is 15.7 Å². The molecule has 3 aromatic carbocycles. The molecule has 7 heterocycles. The highest BCUT2D eigenvalue weighted by atomic mass is 19.1. The number of amides is 1. The number of hydrogen-bond acceptors (Lipinski definition) is 9. The second kappa shape index (κ2) is 11.7. The molecule has 1 unspecified atom stereocenters. The van der Waals surface area contributed by atoms with Gasteiger partial charge in [0.2, 0.25) is 0 Å². The molecule has 0 spiro atoms. The van der Waals surface area contributed by atoms with Crippen molar-refractivity contribution in [3.63, 3.8) is 0 Å². The zero-order valence-electron chi connectivity index (χ0n) is 29.0. The van der Waals surface area contributed by atoms with Gasteiger partial charge in [-0.15, -0.1) is 6.42 Å². The molecule has 53 heavy (non-hydrogen) atoms. The molecule has 5 aliphatic heterocycles. The van der Waals surface area contributed by atoms with Crippen LogP contribution >= 0.6 is 0 Å². The average Bonchev–Trinajstić information content (AvgIpc) is 3.60. The van der Waals surface area contributed by atoms with Gasteiger partial charge < -0.3 is 28.8 Å². The van der Waals surface area contributed by atoms with Crippen LogP contribution in [0.4, 0.5) is 19.0 Å². The molecule has 0 radical (unpaired) electrons. The lowest BCUT2D eigenvalue weighted by molar-refractivity contribution is -0.135. The van der Waals surface area contributed by atoms with Crippen molar-refractivity contribution in [3.05, 3.63) is 53.3 Å². The number of halogens is 3. The number of nitrogens with zero attached hydrogens (tertiary/aromatic N) is 5. The van der Waals surface area contributed by atoms with E-state index in [1.807, 2.05) is 4.90 Å². The summed E-state index contributed by atoms with van der Waals surface area (Å²) in [6.07, 6.45) is 8.10. The Labute approximate surface area is 302 Å². The topological polar surface area (TPSA) is 108 Å². The quantitative estimate of drug-likeness (QED) is 0.167. The summed E-state index contributed by atoms with van der Waals surface area (Å²) in [5.74, 6) is 1.70. The highest BCUT2D eigenvalue weighted by molar-refractivity contribution is 6.18. The number of ether oxygens (including phenoxy) is 2. The van der Waals surface area contributed by atoms with E-state index in [0.29, 0.717) is 60.4 Å². The Hall–Kier alpha value is -5.06. The van der Waals surface area contributed by atoms with Crippen molar-refractivity contribution < 1.29 is 37.0 Å². The molecule has 10 rings (SSSR count). The lowest BCUT2D eigenvalue weighted by atomic mass is 9.91. The maximum absolute atomic E-state index is 17.7. The summed E-state index contributed by atoms with van der Waals surface area (Å²) in [7, 11) is 0. The van der Waals surface area contributed by atoms with Crippen LogP contribution in [-0.2, 0) is 9.53 Å². The fourth-order valence-electron chi connectivity index (χ4n) is 9.68. The van der Waals surface area contributed by atoms with E-state index in [9.17, 15) is 14.3 Å². The van der Waals surface area contributed by atoms with E-state index in [0.717, 1.165) is 32.2 Å². The van der Waals surface area contributed by atoms with Crippen molar-refractivity contribution >= 4 is 44.4 Å². The molecule has 2 aromatic heterocycles. The zero-order chi connectivity index (χ0) is 36.3. The summed E-state index contributed by atoms with van der Waals surface area (Å²) in [6, 6.07) is 7.03. The van der Waals surface area contributed by atoms with Crippen LogP contribution in [0.15, 0.2) is 34.7 Å². The van der Waals surface area contributed by atoms with Crippen LogP contribution in [0.2, 0.25) is 0 Å². The first kappa shape index (κ1) is 32.6. The van der Waals surface area contributed by atoms with E-state index >= 15 is 8.78 Å². The Kier molecular flexibility index (Phi) is 7.20. The van der Waals surface area contributed by atoms with Crippen molar-refractivity contribution in [1.82, 2.24) is 19.8 Å². The number of rotatable bonds is 6. The van der Waals surface area contributed by atoms with Crippen molar-refractivity contribution in [1.29, 1.82) is 0 Å². The van der Waals surface area contributed by atoms with Crippen LogP contribution in [0, 0.1) is 30.9 Å². The highest BCUT2D eigenvalue weighted by Crippen LogP contribution is 2.47. The fourth-order valence-corrected chi connectivity index (χ4v) is 9.68. The molecule has 10 nitrogen and oxygen atoms in total. The Morgan fingerprint density at radius 1 is 1.13 bits per heavy atom. The average molecular weight is 724 g/mol. The first-order chi connectivity index (χ1) is 25.6. The first-order valence-corrected chi connectivity index (χ1v) is 18.2. The van der Waals surface area contributed by atoms with Gasteiger partial charge in [0, 0.05) is 54.5 Å². The lowest BCUT2D eigenvalue weighted by Gasteiger charge is -2.41. The third kappa shape index (κ3) is 4.98. The Morgan fingerprint density at radius 2 is 1.92 bits per heavy atom. The number of phenolic OH excluding ortho intramolecular Hbond substituents is 1. The van der Waals surface area contributed by atoms with Crippen LogP contribution in [0.5, 0.6) is 11.8 Å². The molecule has 272 valence electrons. The molecule has 5 saturated heterocycles. The van der Waals surface area contributed by atoms with Crippen molar-refractivity contribution in [2.75, 3.05) is 44.3 Å². The van der Waals surface area contributed by atoms with Gasteiger partial charge >= 0.3 is 6.01 Å². The molecule has 13 heteroatoms. The number of alkyl halides is 1. The summed E-state index contributed by atoms with van der Waals surface area (Å²) in [5.41, 5.74) is -0.385. The standard InChI is InChI=1S/C40H36F3N5O5/c1-3-26-29(42)8-5-21-12-25(49)13-27(31(21)26)32-34(43)35-33(28-11-20(2)53-36(28)32)37(46-16-23-6-7-24(17-46)48(23)38(50)30-18-51-30)45-39(44-35)52-19-40-9-4-10-47(40)15-22(41)14-40/h1,5,8,11-13,22-24,30,49H,4,6-7,9-10,14-19H2,2H3/t22-,23-,24+,30?,40+/m1/s1. The zero-order valence-corrected chi connectivity index (χ0v) is 29.0. The summed E-state index contributed by atoms with van der Waals surface area (Å²) in [6.45, 7) is 4.34. The highest BCUT2D eigenvalue weighted by Gasteiger charge is 2.50. The second-order valence-electron chi connectivity index (χ2n) is 15.2. The van der Waals surface area contributed by atoms with Crippen LogP contribution in [0.25, 0.3) is 43.8 Å². The number of epoxide rings is 1. The predicted molar refractivity (Wildman–Crippen MR) is 191 cm³/mol. The van der Waals surface area contributed by atoms with E-state index in [4.69, 9.17) is 30.3 Å². The van der Waals surface area contributed by atoms with Crippen molar-refractivity contribution in [3.8, 4) is 35.2 Å². The molecular weight excluding hydrogens is 687 g/mol. The normalized spacial score (nSPS) is 26.5. The van der Waals surface area contributed by atoms with E-state index in [1.165, 1.54) is 24.3 Å². The van der Waals surface area contributed by atoms with Crippen molar-refractivity contribution in [2.24, 2.45) is 0 Å². The van der Waals surface area contributed by atoms with Gasteiger partial charge in [-0.3, -0.25) is 9.69 Å². The molecular formula is C40H36F3N5O5. The molecule has 5 atom stereocenters. The number of anilines is 1. The minimum atomic E-state index is -0.963. The van der Waals surface area contributed by atoms with Gasteiger partial charge in [0.25, 0.3) is 5.91 Å². The molecule has 1 N–H and O–H groups in total. The third-order valence-electron chi connectivity index (χ3n) is 12.0. The smallest absolute Gasteiger partial charge is 0.319 e. The Morgan fingerprint density at radius 3 is 2.68 bits per heavy atom. The SMILES string of the molecule is C#Cc1c(F)ccc2cc(O)cc(-c3c(F)c4nc(OC[C@@]56CCCN5C[C@H](F)C6)nc(N5C[C@H]6CC[C@@H](C5)N6C(=O)C5CO5)c4c4cc(C)oc34)c12. The number of aromatic hydroxyl groups is 1. The van der Waals surface area contributed by atoms with Crippen LogP contribution in [-0.4, -0.2) is 100 Å². The first-order valence-electron chi connectivity index (χ1n) is 18.2. The van der Waals surface area contributed by atoms with Gasteiger partial charge in [-0.25, -0.2) is 13.2 Å². The van der Waals surface area contributed by atoms with Crippen LogP contribution in [0.1, 0.15) is 43.4 Å². The summed E-state index contributed by atoms with van der Waals surface area (Å²) in [4.78, 5) is 29.0. The van der Waals surface area contributed by atoms with Gasteiger partial charge in [0.15, 0.2) is 11.9 Å². The maximum atomic E-state index is 17.7. The molecule has 2 bridgehead atoms. The number of terminal acetylenes is 1. The van der Waals surface area contributed by atoms with Gasteiger partial charge in [-0.1, -0.05) is 12.0 Å². The number of aryl methyl sites for hydroxylation is 1. The minimum absolute atomic E-state index is 0.00136. The molecule has 5 aromatic rings. The molecule has 1 amide bonds. The molecule has 0 saturated carbocycles. The second-order valence-corrected chi connectivity index (χ2v) is 15.2. The molecule has 0 aliphatic carbocycles. The number of fused-ring (bicyclic) bond motifs is 7. The number of furan rings is 1. The van der Waals surface area contributed by atoms with Crippen LogP contribution < -0.4 is 9.64 Å². The Balaban J connectivity index is 1.18. The van der Waals surface area contributed by atoms with E-state index < -0.39 is 29.4 Å². The minimum Gasteiger partial charge on any atom is -0.508 e. The lowest BCUT2D eigenvalue weighted by Crippen LogP contribution is -2.57. The number of carbonyl (C=O) groups is 1. The predicted octanol–water partition coefficient (Wildman–Crippen LogP) is 6.00. The van der Waals surface area contributed by atoms with Crippen molar-refractivity contribution in [2.45, 2.75) is 68.9 Å². The largest absolute Gasteiger partial charge is 0.508 e.